The van der Waals surface area contributed by atoms with Gasteiger partial charge >= 0.3 is 0 Å². The van der Waals surface area contributed by atoms with E-state index in [1.807, 2.05) is 47.3 Å². The molecule has 0 fully saturated rings. The Bertz CT molecular complexity index is 489. The van der Waals surface area contributed by atoms with Crippen LogP contribution in [0, 0.1) is 11.3 Å². The van der Waals surface area contributed by atoms with Crippen LogP contribution in [0.3, 0.4) is 0 Å². The summed E-state index contributed by atoms with van der Waals surface area (Å²) in [7, 11) is 0. The first kappa shape index (κ1) is 12.2. The predicted molar refractivity (Wildman–Crippen MR) is 56.9 cm³/mol. The number of pyridine rings is 1. The maximum Gasteiger partial charge on any atom is 0.186 e. The second-order valence-corrected chi connectivity index (χ2v) is 3.36. The van der Waals surface area contributed by atoms with Gasteiger partial charge in [-0.1, -0.05) is 30.3 Å². The number of hydrogen-bond acceptors (Lipinski definition) is 1. The molecule has 2 rings (SSSR count). The van der Waals surface area contributed by atoms with Crippen LogP contribution in [0.2, 0.25) is 0 Å². The van der Waals surface area contributed by atoms with Gasteiger partial charge in [-0.15, -0.1) is 0 Å². The van der Waals surface area contributed by atoms with Crippen LogP contribution in [0.15, 0.2) is 54.9 Å². The van der Waals surface area contributed by atoms with Gasteiger partial charge in [-0.05, 0) is 6.07 Å². The van der Waals surface area contributed by atoms with Gasteiger partial charge < -0.3 is 12.4 Å². The quantitative estimate of drug-likeness (QED) is 0.602. The fourth-order valence-corrected chi connectivity index (χ4v) is 1.48. The number of aromatic nitrogens is 1. The monoisotopic (exact) mass is 230 g/mol. The van der Waals surface area contributed by atoms with E-state index in [0.29, 0.717) is 5.56 Å². The zero-order valence-corrected chi connectivity index (χ0v) is 9.43. The number of hydrogen-bond donors (Lipinski definition) is 0. The lowest BCUT2D eigenvalue weighted by atomic mass is 10.2. The summed E-state index contributed by atoms with van der Waals surface area (Å²) in [5.41, 5.74) is 1.92. The lowest BCUT2D eigenvalue weighted by Gasteiger charge is -1.96. The van der Waals surface area contributed by atoms with Crippen LogP contribution in [0.5, 0.6) is 0 Å². The minimum Gasteiger partial charge on any atom is -1.00 e. The van der Waals surface area contributed by atoms with E-state index in [1.165, 1.54) is 5.56 Å². The molecule has 1 heterocycles. The summed E-state index contributed by atoms with van der Waals surface area (Å²) >= 11 is 0. The first-order valence-electron chi connectivity index (χ1n) is 4.81. The molecule has 2 nitrogen and oxygen atoms in total. The zero-order valence-electron chi connectivity index (χ0n) is 8.68. The first-order chi connectivity index (χ1) is 7.38. The van der Waals surface area contributed by atoms with Gasteiger partial charge in [0.15, 0.2) is 18.9 Å². The average Bonchev–Trinajstić information content (AvgIpc) is 2.31. The van der Waals surface area contributed by atoms with Crippen molar-refractivity contribution in [2.24, 2.45) is 0 Å². The Morgan fingerprint density at radius 1 is 1.06 bits per heavy atom. The highest BCUT2D eigenvalue weighted by molar-refractivity contribution is 5.22. The van der Waals surface area contributed by atoms with Crippen molar-refractivity contribution in [3.8, 4) is 6.07 Å². The first-order valence-corrected chi connectivity index (χ1v) is 4.81. The minimum absolute atomic E-state index is 0. The summed E-state index contributed by atoms with van der Waals surface area (Å²) in [6.07, 6.45) is 3.82. The normalized spacial score (nSPS) is 8.94. The van der Waals surface area contributed by atoms with Crippen LogP contribution in [-0.4, -0.2) is 0 Å². The molecule has 0 aliphatic heterocycles. The molecule has 0 amide bonds. The van der Waals surface area contributed by atoms with Gasteiger partial charge in [-0.2, -0.15) is 9.83 Å². The van der Waals surface area contributed by atoms with E-state index in [4.69, 9.17) is 5.26 Å². The van der Waals surface area contributed by atoms with E-state index in [1.54, 1.807) is 0 Å². The Morgan fingerprint density at radius 3 is 2.50 bits per heavy atom. The molecule has 0 saturated carbocycles. The molecular formula is C13H11ClN2. The highest BCUT2D eigenvalue weighted by atomic mass is 35.5. The van der Waals surface area contributed by atoms with Crippen molar-refractivity contribution in [2.75, 3.05) is 0 Å². The highest BCUT2D eigenvalue weighted by Crippen LogP contribution is 1.98. The molecule has 1 aromatic heterocycles. The summed E-state index contributed by atoms with van der Waals surface area (Å²) in [4.78, 5) is 0. The third kappa shape index (κ3) is 3.08. The Hall–Kier alpha value is -1.85. The van der Waals surface area contributed by atoms with Crippen LogP contribution in [-0.2, 0) is 6.54 Å². The van der Waals surface area contributed by atoms with Gasteiger partial charge in [0.25, 0.3) is 0 Å². The number of rotatable bonds is 2. The third-order valence-corrected chi connectivity index (χ3v) is 2.20. The van der Waals surface area contributed by atoms with Crippen molar-refractivity contribution < 1.29 is 17.0 Å². The molecule has 0 N–H and O–H groups in total. The van der Waals surface area contributed by atoms with Crippen molar-refractivity contribution in [1.82, 2.24) is 0 Å². The molecule has 2 aromatic rings. The number of halogens is 1. The summed E-state index contributed by atoms with van der Waals surface area (Å²) < 4.78 is 2.01. The van der Waals surface area contributed by atoms with Crippen LogP contribution in [0.1, 0.15) is 11.1 Å². The summed E-state index contributed by atoms with van der Waals surface area (Å²) in [6.45, 7) is 0.802. The molecule has 0 atom stereocenters. The van der Waals surface area contributed by atoms with E-state index in [2.05, 4.69) is 18.2 Å². The molecular weight excluding hydrogens is 220 g/mol. The molecule has 0 aliphatic carbocycles. The molecule has 0 aliphatic rings. The molecule has 80 valence electrons. The second kappa shape index (κ2) is 5.89. The van der Waals surface area contributed by atoms with Crippen LogP contribution < -0.4 is 17.0 Å². The fourth-order valence-electron chi connectivity index (χ4n) is 1.48. The number of nitrogens with zero attached hydrogens (tertiary/aromatic N) is 2. The van der Waals surface area contributed by atoms with Crippen LogP contribution in [0.4, 0.5) is 0 Å². The van der Waals surface area contributed by atoms with Crippen molar-refractivity contribution in [1.29, 1.82) is 5.26 Å². The molecule has 1 aromatic carbocycles. The van der Waals surface area contributed by atoms with E-state index in [9.17, 15) is 0 Å². The molecule has 0 bridgehead atoms. The summed E-state index contributed by atoms with van der Waals surface area (Å²) in [6, 6.07) is 16.0. The second-order valence-electron chi connectivity index (χ2n) is 3.36. The number of nitriles is 1. The molecule has 16 heavy (non-hydrogen) atoms. The van der Waals surface area contributed by atoms with Crippen molar-refractivity contribution in [2.45, 2.75) is 6.54 Å². The van der Waals surface area contributed by atoms with Gasteiger partial charge in [-0.3, -0.25) is 0 Å². The summed E-state index contributed by atoms with van der Waals surface area (Å²) in [5, 5.41) is 8.76. The van der Waals surface area contributed by atoms with Crippen molar-refractivity contribution in [3.05, 3.63) is 66.0 Å². The largest absolute Gasteiger partial charge is 1.00 e. The van der Waals surface area contributed by atoms with Gasteiger partial charge in [0.1, 0.15) is 11.6 Å². The Kier molecular flexibility index (Phi) is 4.50. The van der Waals surface area contributed by atoms with E-state index < -0.39 is 0 Å². The average molecular weight is 231 g/mol. The molecule has 0 unspecified atom stereocenters. The van der Waals surface area contributed by atoms with Gasteiger partial charge in [0, 0.05) is 11.6 Å². The van der Waals surface area contributed by atoms with Crippen LogP contribution >= 0.6 is 0 Å². The smallest absolute Gasteiger partial charge is 0.186 e. The third-order valence-electron chi connectivity index (χ3n) is 2.20. The minimum atomic E-state index is 0. The van der Waals surface area contributed by atoms with E-state index in [0.717, 1.165) is 6.54 Å². The fraction of sp³-hybridized carbons (Fsp3) is 0.0769. The lowest BCUT2D eigenvalue weighted by molar-refractivity contribution is -0.688. The summed E-state index contributed by atoms with van der Waals surface area (Å²) in [5.74, 6) is 0. The Balaban J connectivity index is 0.00000128. The van der Waals surface area contributed by atoms with E-state index in [-0.39, 0.29) is 12.4 Å². The lowest BCUT2D eigenvalue weighted by Crippen LogP contribution is -3.00. The zero-order chi connectivity index (χ0) is 10.5. The van der Waals surface area contributed by atoms with Crippen LogP contribution in [0.25, 0.3) is 0 Å². The van der Waals surface area contributed by atoms with Crippen molar-refractivity contribution >= 4 is 0 Å². The SMILES string of the molecule is N#Cc1ccc[n+](Cc2ccccc2)c1.[Cl-]. The standard InChI is InChI=1S/C13H11N2.ClH/c14-9-13-7-4-8-15(11-13)10-12-5-2-1-3-6-12;/h1-8,11H,10H2;1H/q+1;/p-1. The Morgan fingerprint density at radius 2 is 1.81 bits per heavy atom. The predicted octanol–water partition coefficient (Wildman–Crippen LogP) is -1.10. The maximum atomic E-state index is 8.76. The molecule has 0 spiro atoms. The maximum absolute atomic E-state index is 8.76. The van der Waals surface area contributed by atoms with Gasteiger partial charge in [0.2, 0.25) is 0 Å². The molecule has 3 heteroatoms. The van der Waals surface area contributed by atoms with Crippen molar-refractivity contribution in [3.63, 3.8) is 0 Å². The number of benzene rings is 1. The highest BCUT2D eigenvalue weighted by Gasteiger charge is 2.02. The Labute approximate surface area is 101 Å². The van der Waals surface area contributed by atoms with Gasteiger partial charge in [0.05, 0.1) is 0 Å². The van der Waals surface area contributed by atoms with Gasteiger partial charge in [-0.25, -0.2) is 0 Å². The molecule has 0 saturated heterocycles. The molecule has 0 radical (unpaired) electrons. The van der Waals surface area contributed by atoms with E-state index >= 15 is 0 Å². The topological polar surface area (TPSA) is 27.7 Å².